The van der Waals surface area contributed by atoms with Gasteiger partial charge in [0.25, 0.3) is 0 Å². The van der Waals surface area contributed by atoms with Crippen molar-refractivity contribution >= 4 is 34.3 Å². The Labute approximate surface area is 222 Å². The Morgan fingerprint density at radius 1 is 1.00 bits per heavy atom. The zero-order valence-corrected chi connectivity index (χ0v) is 21.5. The van der Waals surface area contributed by atoms with Crippen molar-refractivity contribution < 1.29 is 18.0 Å². The first kappa shape index (κ1) is 26.4. The van der Waals surface area contributed by atoms with Gasteiger partial charge in [0.2, 0.25) is 0 Å². The number of nitrogens with two attached hydrogens (primary N) is 1. The number of halogens is 3. The molecule has 1 aliphatic heterocycles. The first-order valence-corrected chi connectivity index (χ1v) is 12.3. The zero-order chi connectivity index (χ0) is 27.7. The van der Waals surface area contributed by atoms with Crippen LogP contribution < -0.4 is 16.4 Å². The molecule has 5 rings (SSSR count). The third-order valence-electron chi connectivity index (χ3n) is 6.75. The summed E-state index contributed by atoms with van der Waals surface area (Å²) in [5.74, 6) is 0.569. The van der Waals surface area contributed by atoms with E-state index in [1.54, 1.807) is 23.9 Å². The minimum atomic E-state index is -4.56. The minimum absolute atomic E-state index is 0.0307. The van der Waals surface area contributed by atoms with Crippen LogP contribution in [0.5, 0.6) is 0 Å². The van der Waals surface area contributed by atoms with Crippen molar-refractivity contribution in [3.05, 3.63) is 59.9 Å². The van der Waals surface area contributed by atoms with Crippen LogP contribution in [0.4, 0.5) is 35.3 Å². The van der Waals surface area contributed by atoms with Gasteiger partial charge in [-0.25, -0.2) is 14.8 Å². The molecule has 13 heteroatoms. The van der Waals surface area contributed by atoms with Crippen LogP contribution >= 0.6 is 0 Å². The van der Waals surface area contributed by atoms with Crippen molar-refractivity contribution in [3.8, 4) is 11.3 Å². The van der Waals surface area contributed by atoms with Gasteiger partial charge in [0.1, 0.15) is 12.1 Å². The topological polar surface area (TPSA) is 117 Å². The van der Waals surface area contributed by atoms with Gasteiger partial charge in [-0.2, -0.15) is 18.3 Å². The maximum Gasteiger partial charge on any atom is 0.416 e. The summed E-state index contributed by atoms with van der Waals surface area (Å²) in [5.41, 5.74) is 7.56. The smallest absolute Gasteiger partial charge is 0.383 e. The molecule has 2 aromatic carbocycles. The highest BCUT2D eigenvalue weighted by Crippen LogP contribution is 2.35. The van der Waals surface area contributed by atoms with Gasteiger partial charge in [-0.3, -0.25) is 14.9 Å². The molecule has 204 valence electrons. The Bertz CT molecular complexity index is 1510. The van der Waals surface area contributed by atoms with Gasteiger partial charge in [-0.1, -0.05) is 12.1 Å². The Morgan fingerprint density at radius 2 is 1.77 bits per heavy atom. The number of nitrogens with zero attached hydrogens (tertiary/aromatic N) is 6. The summed E-state index contributed by atoms with van der Waals surface area (Å²) < 4.78 is 43.2. The molecule has 0 saturated carbocycles. The number of anilines is 3. The highest BCUT2D eigenvalue weighted by molar-refractivity contribution is 5.99. The van der Waals surface area contributed by atoms with Gasteiger partial charge in [0.05, 0.1) is 16.8 Å². The summed E-state index contributed by atoms with van der Waals surface area (Å²) in [5, 5.41) is 10.1. The van der Waals surface area contributed by atoms with E-state index in [0.29, 0.717) is 35.5 Å². The summed E-state index contributed by atoms with van der Waals surface area (Å²) in [6, 6.07) is 10.3. The second kappa shape index (κ2) is 10.5. The van der Waals surface area contributed by atoms with Crippen LogP contribution in [0.25, 0.3) is 22.2 Å². The van der Waals surface area contributed by atoms with E-state index in [4.69, 9.17) is 5.73 Å². The van der Waals surface area contributed by atoms with Crippen molar-refractivity contribution in [1.29, 1.82) is 0 Å². The average molecular weight is 540 g/mol. The summed E-state index contributed by atoms with van der Waals surface area (Å²) in [6.07, 6.45) is -3.17. The fourth-order valence-corrected chi connectivity index (χ4v) is 4.62. The average Bonchev–Trinajstić information content (AvgIpc) is 3.25. The number of urea groups is 1. The Balaban J connectivity index is 1.30. The first-order chi connectivity index (χ1) is 18.6. The summed E-state index contributed by atoms with van der Waals surface area (Å²) >= 11 is 0. The number of hydrogen-bond donors (Lipinski definition) is 3. The SMILES string of the molecule is CN1CCN(Cc2ccc(NC(=O)Nc3cc(-c4ccc5ncnc(N)c5c4)n(C)n3)cc2C(F)(F)F)CC1. The summed E-state index contributed by atoms with van der Waals surface area (Å²) in [4.78, 5) is 25.0. The van der Waals surface area contributed by atoms with Crippen LogP contribution in [-0.2, 0) is 19.8 Å². The standard InChI is InChI=1S/C26H28F3N9O/c1-36-7-9-38(10-8-36)14-17-3-5-18(12-20(17)26(27,28)29)33-25(39)34-23-13-22(37(2)35-23)16-4-6-21-19(11-16)24(30)32-15-31-21/h3-6,11-13,15H,7-10,14H2,1-2H3,(H2,30,31,32)(H2,33,34,35,39). The Kier molecular flexibility index (Phi) is 7.10. The second-order valence-electron chi connectivity index (χ2n) is 9.56. The number of aromatic nitrogens is 4. The zero-order valence-electron chi connectivity index (χ0n) is 21.5. The predicted molar refractivity (Wildman–Crippen MR) is 143 cm³/mol. The molecule has 0 unspecified atom stereocenters. The fourth-order valence-electron chi connectivity index (χ4n) is 4.62. The van der Waals surface area contributed by atoms with Gasteiger partial charge < -0.3 is 16.0 Å². The van der Waals surface area contributed by atoms with Crippen molar-refractivity contribution in [2.45, 2.75) is 12.7 Å². The Morgan fingerprint density at radius 3 is 2.51 bits per heavy atom. The summed E-state index contributed by atoms with van der Waals surface area (Å²) in [7, 11) is 3.70. The number of benzene rings is 2. The number of fused-ring (bicyclic) bond motifs is 1. The van der Waals surface area contributed by atoms with Crippen molar-refractivity contribution in [2.24, 2.45) is 7.05 Å². The lowest BCUT2D eigenvalue weighted by Gasteiger charge is -2.33. The molecule has 2 aromatic heterocycles. The highest BCUT2D eigenvalue weighted by atomic mass is 19.4. The molecule has 1 fully saturated rings. The van der Waals surface area contributed by atoms with E-state index in [1.807, 2.05) is 24.1 Å². The van der Waals surface area contributed by atoms with E-state index in [1.165, 1.54) is 18.5 Å². The van der Waals surface area contributed by atoms with Crippen molar-refractivity contribution in [1.82, 2.24) is 29.5 Å². The highest BCUT2D eigenvalue weighted by Gasteiger charge is 2.34. The van der Waals surface area contributed by atoms with Crippen molar-refractivity contribution in [3.63, 3.8) is 0 Å². The maximum absolute atomic E-state index is 13.9. The molecule has 4 N–H and O–H groups in total. The number of aryl methyl sites for hydroxylation is 1. The lowest BCUT2D eigenvalue weighted by molar-refractivity contribution is -0.138. The van der Waals surface area contributed by atoms with Gasteiger partial charge in [0.15, 0.2) is 5.82 Å². The molecule has 39 heavy (non-hydrogen) atoms. The molecule has 0 aliphatic carbocycles. The predicted octanol–water partition coefficient (Wildman–Crippen LogP) is 4.02. The van der Waals surface area contributed by atoms with E-state index in [-0.39, 0.29) is 23.6 Å². The summed E-state index contributed by atoms with van der Waals surface area (Å²) in [6.45, 7) is 3.20. The van der Waals surface area contributed by atoms with Crippen LogP contribution in [-0.4, -0.2) is 68.8 Å². The van der Waals surface area contributed by atoms with Crippen LogP contribution in [0.15, 0.2) is 48.8 Å². The number of likely N-dealkylation sites (N-methyl/N-ethyl adjacent to an activating group) is 1. The largest absolute Gasteiger partial charge is 0.416 e. The number of alkyl halides is 3. The van der Waals surface area contributed by atoms with Crippen LogP contribution in [0.2, 0.25) is 0 Å². The number of carbonyl (C=O) groups is 1. The maximum atomic E-state index is 13.9. The number of carbonyl (C=O) groups excluding carboxylic acids is 1. The molecular formula is C26H28F3N9O. The molecule has 0 radical (unpaired) electrons. The molecule has 10 nitrogen and oxygen atoms in total. The fraction of sp³-hybridized carbons (Fsp3) is 0.308. The Hall–Kier alpha value is -4.23. The van der Waals surface area contributed by atoms with Gasteiger partial charge in [0, 0.05) is 62.5 Å². The molecule has 0 spiro atoms. The third kappa shape index (κ3) is 5.94. The van der Waals surface area contributed by atoms with Gasteiger partial charge in [-0.05, 0) is 36.9 Å². The van der Waals surface area contributed by atoms with Gasteiger partial charge in [-0.15, -0.1) is 0 Å². The lowest BCUT2D eigenvalue weighted by atomic mass is 10.0. The minimum Gasteiger partial charge on any atom is -0.383 e. The number of nitrogen functional groups attached to an aromatic ring is 1. The van der Waals surface area contributed by atoms with Crippen molar-refractivity contribution in [2.75, 3.05) is 49.6 Å². The normalized spacial score (nSPS) is 15.0. The second-order valence-corrected chi connectivity index (χ2v) is 9.56. The monoisotopic (exact) mass is 539 g/mol. The molecule has 4 aromatic rings. The van der Waals surface area contributed by atoms with Crippen LogP contribution in [0.3, 0.4) is 0 Å². The quantitative estimate of drug-likeness (QED) is 0.351. The molecule has 1 saturated heterocycles. The number of piperazine rings is 1. The molecule has 1 aliphatic rings. The number of rotatable bonds is 5. The van der Waals surface area contributed by atoms with E-state index in [9.17, 15) is 18.0 Å². The lowest BCUT2D eigenvalue weighted by Crippen LogP contribution is -2.44. The van der Waals surface area contributed by atoms with E-state index < -0.39 is 17.8 Å². The van der Waals surface area contributed by atoms with E-state index in [0.717, 1.165) is 24.7 Å². The van der Waals surface area contributed by atoms with Crippen LogP contribution in [0.1, 0.15) is 11.1 Å². The molecule has 0 atom stereocenters. The van der Waals surface area contributed by atoms with E-state index in [2.05, 4.69) is 30.6 Å². The number of nitrogens with one attached hydrogen (secondary N) is 2. The molecule has 3 heterocycles. The molecular weight excluding hydrogens is 511 g/mol. The number of hydrogen-bond acceptors (Lipinski definition) is 7. The molecule has 0 bridgehead atoms. The number of amides is 2. The third-order valence-corrected chi connectivity index (χ3v) is 6.75. The van der Waals surface area contributed by atoms with Crippen LogP contribution in [0, 0.1) is 0 Å². The van der Waals surface area contributed by atoms with Gasteiger partial charge >= 0.3 is 12.2 Å². The first-order valence-electron chi connectivity index (χ1n) is 12.3. The molecule has 2 amide bonds. The van der Waals surface area contributed by atoms with E-state index >= 15 is 0 Å².